The number of rotatable bonds is 5. The van der Waals surface area contributed by atoms with Crippen molar-refractivity contribution in [3.8, 4) is 17.4 Å². The summed E-state index contributed by atoms with van der Waals surface area (Å²) in [6.07, 6.45) is 2.60. The Kier molecular flexibility index (Phi) is 5.64. The Morgan fingerprint density at radius 2 is 1.90 bits per heavy atom. The number of methoxy groups -OCH3 is 1. The molecule has 0 atom stereocenters. The number of halogens is 2. The van der Waals surface area contributed by atoms with Crippen molar-refractivity contribution in [3.05, 3.63) is 77.0 Å². The van der Waals surface area contributed by atoms with Crippen LogP contribution in [-0.4, -0.2) is 28.7 Å². The third-order valence-electron chi connectivity index (χ3n) is 4.45. The normalized spacial score (nSPS) is 14.7. The minimum Gasteiger partial charge on any atom is -0.493 e. The zero-order valence-electron chi connectivity index (χ0n) is 16.5. The van der Waals surface area contributed by atoms with E-state index in [1.165, 1.54) is 12.1 Å². The molecule has 4 rings (SSSR count). The van der Waals surface area contributed by atoms with Crippen molar-refractivity contribution < 1.29 is 18.7 Å². The number of hydrazone groups is 1. The van der Waals surface area contributed by atoms with Crippen molar-refractivity contribution in [2.45, 2.75) is 6.92 Å². The van der Waals surface area contributed by atoms with Gasteiger partial charge in [-0.05, 0) is 54.4 Å². The molecular formula is C22H16ClFN4O3. The van der Waals surface area contributed by atoms with Gasteiger partial charge in [0.1, 0.15) is 0 Å². The van der Waals surface area contributed by atoms with Crippen molar-refractivity contribution in [2.24, 2.45) is 5.10 Å². The van der Waals surface area contributed by atoms with Crippen molar-refractivity contribution in [1.82, 2.24) is 9.97 Å². The van der Waals surface area contributed by atoms with Gasteiger partial charge in [0, 0.05) is 0 Å². The summed E-state index contributed by atoms with van der Waals surface area (Å²) >= 11 is 5.73. The summed E-state index contributed by atoms with van der Waals surface area (Å²) in [5.41, 5.74) is 2.30. The lowest BCUT2D eigenvalue weighted by Crippen LogP contribution is -2.21. The highest BCUT2D eigenvalue weighted by atomic mass is 35.5. The van der Waals surface area contributed by atoms with Gasteiger partial charge in [-0.3, -0.25) is 4.79 Å². The molecular weight excluding hydrogens is 423 g/mol. The van der Waals surface area contributed by atoms with E-state index in [4.69, 9.17) is 21.1 Å². The summed E-state index contributed by atoms with van der Waals surface area (Å²) < 4.78 is 24.9. The number of nitrogens with zero attached hydrogens (tertiary/aromatic N) is 4. The van der Waals surface area contributed by atoms with Crippen LogP contribution in [0.4, 0.5) is 10.1 Å². The third kappa shape index (κ3) is 4.24. The van der Waals surface area contributed by atoms with Gasteiger partial charge in [0.2, 0.25) is 11.1 Å². The lowest BCUT2D eigenvalue weighted by atomic mass is 10.1. The topological polar surface area (TPSA) is 76.9 Å². The van der Waals surface area contributed by atoms with Crippen molar-refractivity contribution in [1.29, 1.82) is 0 Å². The number of para-hydroxylation sites is 1. The first kappa shape index (κ1) is 20.5. The number of amides is 1. The first-order valence-electron chi connectivity index (χ1n) is 9.17. The average Bonchev–Trinajstić information content (AvgIpc) is 3.05. The smallest absolute Gasteiger partial charge is 0.280 e. The quantitative estimate of drug-likeness (QED) is 0.419. The second-order valence-corrected chi connectivity index (χ2v) is 6.84. The molecule has 0 unspecified atom stereocenters. The van der Waals surface area contributed by atoms with Gasteiger partial charge >= 0.3 is 0 Å². The van der Waals surface area contributed by atoms with Gasteiger partial charge in [-0.15, -0.1) is 0 Å². The minimum absolute atomic E-state index is 0.155. The molecule has 0 saturated heterocycles. The molecule has 0 radical (unpaired) electrons. The summed E-state index contributed by atoms with van der Waals surface area (Å²) in [6.45, 7) is 1.76. The lowest BCUT2D eigenvalue weighted by molar-refractivity contribution is -0.114. The van der Waals surface area contributed by atoms with E-state index >= 15 is 0 Å². The van der Waals surface area contributed by atoms with Crippen LogP contribution in [0.3, 0.4) is 0 Å². The van der Waals surface area contributed by atoms with Crippen molar-refractivity contribution in [2.75, 3.05) is 12.1 Å². The van der Waals surface area contributed by atoms with E-state index < -0.39 is 5.82 Å². The summed E-state index contributed by atoms with van der Waals surface area (Å²) in [4.78, 5) is 20.2. The molecule has 9 heteroatoms. The van der Waals surface area contributed by atoms with E-state index in [0.29, 0.717) is 28.3 Å². The number of ether oxygens (including phenoxy) is 2. The van der Waals surface area contributed by atoms with Gasteiger partial charge in [-0.2, -0.15) is 19.5 Å². The van der Waals surface area contributed by atoms with E-state index in [1.54, 1.807) is 43.3 Å². The number of benzene rings is 2. The highest BCUT2D eigenvalue weighted by Gasteiger charge is 2.28. The predicted molar refractivity (Wildman–Crippen MR) is 115 cm³/mol. The molecule has 1 aliphatic heterocycles. The fourth-order valence-electron chi connectivity index (χ4n) is 2.96. The van der Waals surface area contributed by atoms with Crippen LogP contribution in [0.5, 0.6) is 17.4 Å². The standard InChI is InChI=1S/C22H16ClFN4O3/c1-13-16(21(29)28(27-13)15-6-4-3-5-7-15)10-14-8-9-18(30-2)19(11-14)31-20-17(24)12-25-22(23)26-20/h3-12H,1-2H3/b16-10+. The Morgan fingerprint density at radius 1 is 1.13 bits per heavy atom. The van der Waals surface area contributed by atoms with Crippen LogP contribution in [0.2, 0.25) is 5.28 Å². The van der Waals surface area contributed by atoms with Gasteiger partial charge in [0.15, 0.2) is 11.5 Å². The number of hydrogen-bond donors (Lipinski definition) is 0. The van der Waals surface area contributed by atoms with Crippen LogP contribution in [0.1, 0.15) is 12.5 Å². The summed E-state index contributed by atoms with van der Waals surface area (Å²) in [5.74, 6) is -0.817. The number of hydrogen-bond acceptors (Lipinski definition) is 6. The molecule has 1 amide bonds. The molecule has 1 aliphatic rings. The zero-order valence-corrected chi connectivity index (χ0v) is 17.3. The van der Waals surface area contributed by atoms with Gasteiger partial charge in [-0.25, -0.2) is 4.98 Å². The molecule has 0 N–H and O–H groups in total. The van der Waals surface area contributed by atoms with Crippen LogP contribution in [-0.2, 0) is 4.79 Å². The first-order valence-corrected chi connectivity index (χ1v) is 9.55. The average molecular weight is 439 g/mol. The van der Waals surface area contributed by atoms with E-state index in [1.807, 2.05) is 18.2 Å². The van der Waals surface area contributed by atoms with Crippen LogP contribution in [0.25, 0.3) is 6.08 Å². The molecule has 156 valence electrons. The van der Waals surface area contributed by atoms with Crippen molar-refractivity contribution >= 4 is 35.0 Å². The highest BCUT2D eigenvalue weighted by Crippen LogP contribution is 2.34. The Morgan fingerprint density at radius 3 is 2.65 bits per heavy atom. The summed E-state index contributed by atoms with van der Waals surface area (Å²) in [7, 11) is 1.46. The Labute approximate surface area is 182 Å². The van der Waals surface area contributed by atoms with Crippen LogP contribution in [0, 0.1) is 5.82 Å². The molecule has 2 heterocycles. The molecule has 1 aromatic heterocycles. The number of carbonyl (C=O) groups excluding carboxylic acids is 1. The maximum atomic E-state index is 14.0. The van der Waals surface area contributed by atoms with Crippen LogP contribution >= 0.6 is 11.6 Å². The fourth-order valence-corrected chi connectivity index (χ4v) is 3.09. The lowest BCUT2D eigenvalue weighted by Gasteiger charge is -2.12. The SMILES string of the molecule is COc1ccc(/C=C2/C(=O)N(c3ccccc3)N=C2C)cc1Oc1nc(Cl)ncc1F. The molecule has 0 spiro atoms. The second kappa shape index (κ2) is 8.53. The molecule has 0 aliphatic carbocycles. The maximum Gasteiger partial charge on any atom is 0.280 e. The molecule has 31 heavy (non-hydrogen) atoms. The summed E-state index contributed by atoms with van der Waals surface area (Å²) in [6, 6.07) is 14.1. The Hall–Kier alpha value is -3.78. The Bertz CT molecular complexity index is 1210. The van der Waals surface area contributed by atoms with Gasteiger partial charge in [0.05, 0.1) is 30.3 Å². The second-order valence-electron chi connectivity index (χ2n) is 6.50. The van der Waals surface area contributed by atoms with E-state index in [2.05, 4.69) is 15.1 Å². The third-order valence-corrected chi connectivity index (χ3v) is 4.63. The molecule has 3 aromatic rings. The largest absolute Gasteiger partial charge is 0.493 e. The zero-order chi connectivity index (χ0) is 22.0. The molecule has 0 saturated carbocycles. The Balaban J connectivity index is 1.67. The molecule has 7 nitrogen and oxygen atoms in total. The van der Waals surface area contributed by atoms with E-state index in [-0.39, 0.29) is 22.8 Å². The van der Waals surface area contributed by atoms with E-state index in [9.17, 15) is 9.18 Å². The summed E-state index contributed by atoms with van der Waals surface area (Å²) in [5, 5.41) is 5.55. The van der Waals surface area contributed by atoms with Crippen LogP contribution in [0.15, 0.2) is 65.4 Å². The maximum absolute atomic E-state index is 14.0. The molecule has 2 aromatic carbocycles. The monoisotopic (exact) mass is 438 g/mol. The van der Waals surface area contributed by atoms with Gasteiger partial charge in [0.25, 0.3) is 11.8 Å². The highest BCUT2D eigenvalue weighted by molar-refractivity contribution is 6.32. The molecule has 0 bridgehead atoms. The van der Waals surface area contributed by atoms with E-state index in [0.717, 1.165) is 6.20 Å². The van der Waals surface area contributed by atoms with Gasteiger partial charge in [-0.1, -0.05) is 24.3 Å². The van der Waals surface area contributed by atoms with Crippen molar-refractivity contribution in [3.63, 3.8) is 0 Å². The fraction of sp³-hybridized carbons (Fsp3) is 0.0909. The predicted octanol–water partition coefficient (Wildman–Crippen LogP) is 4.88. The molecule has 0 fully saturated rings. The minimum atomic E-state index is -0.775. The number of anilines is 1. The number of aromatic nitrogens is 2. The first-order chi connectivity index (χ1) is 15.0. The van der Waals surface area contributed by atoms with Crippen LogP contribution < -0.4 is 14.5 Å². The number of carbonyl (C=O) groups is 1. The van der Waals surface area contributed by atoms with Gasteiger partial charge < -0.3 is 9.47 Å².